The number of pyridine rings is 1. The Morgan fingerprint density at radius 2 is 2.11 bits per heavy atom. The van der Waals surface area contributed by atoms with Gasteiger partial charge in [-0.05, 0) is 48.9 Å². The van der Waals surface area contributed by atoms with E-state index < -0.39 is 0 Å². The maximum atomic E-state index is 6.13. The number of nitrogens with zero attached hydrogens (tertiary/aromatic N) is 3. The summed E-state index contributed by atoms with van der Waals surface area (Å²) in [6.07, 6.45) is 12.5. The Hall–Kier alpha value is -2.88. The minimum atomic E-state index is 0.555. The van der Waals surface area contributed by atoms with Crippen molar-refractivity contribution in [1.29, 1.82) is 0 Å². The van der Waals surface area contributed by atoms with E-state index in [-0.39, 0.29) is 0 Å². The molecule has 0 radical (unpaired) electrons. The molecule has 4 heteroatoms. The molecule has 2 N–H and O–H groups in total. The van der Waals surface area contributed by atoms with Gasteiger partial charge in [0.15, 0.2) is 0 Å². The number of benzene rings is 1. The second-order valence-electron chi connectivity index (χ2n) is 7.24. The molecule has 0 spiro atoms. The number of aromatic nitrogens is 3. The van der Waals surface area contributed by atoms with Gasteiger partial charge >= 0.3 is 0 Å². The Morgan fingerprint density at radius 3 is 3.00 bits per heavy atom. The predicted octanol–water partition coefficient (Wildman–Crippen LogP) is 4.77. The van der Waals surface area contributed by atoms with Crippen molar-refractivity contribution in [3.05, 3.63) is 77.9 Å². The Labute approximate surface area is 160 Å². The van der Waals surface area contributed by atoms with E-state index in [2.05, 4.69) is 51.9 Å². The van der Waals surface area contributed by atoms with Crippen molar-refractivity contribution in [3.63, 3.8) is 0 Å². The summed E-state index contributed by atoms with van der Waals surface area (Å²) in [5, 5.41) is 0. The van der Waals surface area contributed by atoms with Gasteiger partial charge in [-0.15, -0.1) is 0 Å². The molecule has 1 unspecified atom stereocenters. The molecule has 0 saturated carbocycles. The maximum Gasteiger partial charge on any atom is 0.107 e. The summed E-state index contributed by atoms with van der Waals surface area (Å²) < 4.78 is 2.20. The predicted molar refractivity (Wildman–Crippen MR) is 110 cm³/mol. The summed E-state index contributed by atoms with van der Waals surface area (Å²) in [5.41, 5.74) is 12.7. The zero-order valence-electron chi connectivity index (χ0n) is 15.8. The molecule has 138 valence electrons. The summed E-state index contributed by atoms with van der Waals surface area (Å²) in [4.78, 5) is 9.08. The van der Waals surface area contributed by atoms with Crippen LogP contribution < -0.4 is 5.73 Å². The number of nitrogens with two attached hydrogens (primary N) is 1. The van der Waals surface area contributed by atoms with Crippen LogP contribution in [0.25, 0.3) is 17.1 Å². The van der Waals surface area contributed by atoms with Crippen LogP contribution in [0.1, 0.15) is 48.8 Å². The van der Waals surface area contributed by atoms with E-state index in [1.54, 1.807) is 6.20 Å². The van der Waals surface area contributed by atoms with E-state index in [1.807, 2.05) is 24.5 Å². The fourth-order valence-corrected chi connectivity index (χ4v) is 3.98. The summed E-state index contributed by atoms with van der Waals surface area (Å²) in [6.45, 7) is 3.04. The van der Waals surface area contributed by atoms with E-state index >= 15 is 0 Å². The van der Waals surface area contributed by atoms with Crippen molar-refractivity contribution in [3.8, 4) is 11.4 Å². The number of aryl methyl sites for hydroxylation is 1. The van der Waals surface area contributed by atoms with Crippen LogP contribution in [0.15, 0.2) is 61.2 Å². The molecule has 1 aliphatic rings. The Morgan fingerprint density at radius 1 is 1.22 bits per heavy atom. The molecule has 1 atom stereocenters. The van der Waals surface area contributed by atoms with Gasteiger partial charge in [0.2, 0.25) is 0 Å². The highest BCUT2D eigenvalue weighted by Crippen LogP contribution is 2.33. The number of hydrogen-bond acceptors (Lipinski definition) is 3. The molecule has 1 aromatic carbocycles. The van der Waals surface area contributed by atoms with Gasteiger partial charge in [0.25, 0.3) is 0 Å². The van der Waals surface area contributed by atoms with E-state index in [0.29, 0.717) is 5.92 Å². The zero-order valence-corrected chi connectivity index (χ0v) is 15.8. The lowest BCUT2D eigenvalue weighted by Gasteiger charge is -2.25. The van der Waals surface area contributed by atoms with Crippen LogP contribution in [0.4, 0.5) is 0 Å². The van der Waals surface area contributed by atoms with Gasteiger partial charge in [-0.25, -0.2) is 4.98 Å². The highest BCUT2D eigenvalue weighted by Gasteiger charge is 2.20. The molecule has 0 aliphatic heterocycles. The molecular formula is C23H26N4. The Bertz CT molecular complexity index is 954. The lowest BCUT2D eigenvalue weighted by molar-refractivity contribution is 0.483. The van der Waals surface area contributed by atoms with Crippen molar-refractivity contribution in [1.82, 2.24) is 14.5 Å². The van der Waals surface area contributed by atoms with Gasteiger partial charge in [0, 0.05) is 36.1 Å². The Balaban J connectivity index is 1.55. The van der Waals surface area contributed by atoms with Gasteiger partial charge in [-0.3, -0.25) is 4.98 Å². The molecule has 27 heavy (non-hydrogen) atoms. The highest BCUT2D eigenvalue weighted by molar-refractivity contribution is 5.67. The molecule has 3 aromatic rings. The van der Waals surface area contributed by atoms with E-state index in [0.717, 1.165) is 35.6 Å². The first-order chi connectivity index (χ1) is 13.2. The lowest BCUT2D eigenvalue weighted by atomic mass is 9.83. The topological polar surface area (TPSA) is 56.7 Å². The fourth-order valence-electron chi connectivity index (χ4n) is 3.98. The van der Waals surface area contributed by atoms with Crippen LogP contribution in [-0.4, -0.2) is 14.5 Å². The third-order valence-corrected chi connectivity index (χ3v) is 5.34. The first-order valence-electron chi connectivity index (χ1n) is 9.76. The number of fused-ring (bicyclic) bond motifs is 1. The molecule has 4 rings (SSSR count). The first-order valence-corrected chi connectivity index (χ1v) is 9.76. The number of imidazole rings is 1. The molecule has 1 aliphatic carbocycles. The quantitative estimate of drug-likeness (QED) is 0.714. The van der Waals surface area contributed by atoms with Crippen molar-refractivity contribution < 1.29 is 0 Å². The monoisotopic (exact) mass is 358 g/mol. The summed E-state index contributed by atoms with van der Waals surface area (Å²) in [5.74, 6) is 0.555. The second kappa shape index (κ2) is 7.78. The van der Waals surface area contributed by atoms with Gasteiger partial charge < -0.3 is 10.3 Å². The normalized spacial score (nSPS) is 16.9. The fraction of sp³-hybridized carbons (Fsp3) is 0.304. The summed E-state index contributed by atoms with van der Waals surface area (Å²) in [7, 11) is 0. The van der Waals surface area contributed by atoms with Crippen LogP contribution in [0.3, 0.4) is 0 Å². The van der Waals surface area contributed by atoms with E-state index in [4.69, 9.17) is 5.73 Å². The van der Waals surface area contributed by atoms with Crippen LogP contribution >= 0.6 is 0 Å². The number of allylic oxidation sites excluding steroid dienone is 1. The smallest absolute Gasteiger partial charge is 0.107 e. The molecular weight excluding hydrogens is 332 g/mol. The first kappa shape index (κ1) is 17.5. The van der Waals surface area contributed by atoms with E-state index in [9.17, 15) is 0 Å². The molecule has 0 amide bonds. The third kappa shape index (κ3) is 3.80. The molecule has 0 fully saturated rings. The van der Waals surface area contributed by atoms with Crippen LogP contribution in [0.2, 0.25) is 0 Å². The molecule has 4 nitrogen and oxygen atoms in total. The SMILES string of the molecule is CC/C=C(\N)c1ccnc(-c2cn(CC3CCCc4ccccc43)cn2)c1. The highest BCUT2D eigenvalue weighted by atomic mass is 15.0. The van der Waals surface area contributed by atoms with Crippen LogP contribution in [0, 0.1) is 0 Å². The molecule has 0 saturated heterocycles. The molecule has 2 heterocycles. The van der Waals surface area contributed by atoms with Crippen molar-refractivity contribution in [2.75, 3.05) is 0 Å². The maximum absolute atomic E-state index is 6.13. The van der Waals surface area contributed by atoms with Gasteiger partial charge in [-0.2, -0.15) is 0 Å². The van der Waals surface area contributed by atoms with Crippen molar-refractivity contribution in [2.45, 2.75) is 45.1 Å². The largest absolute Gasteiger partial charge is 0.399 e. The third-order valence-electron chi connectivity index (χ3n) is 5.34. The summed E-state index contributed by atoms with van der Waals surface area (Å²) >= 11 is 0. The molecule has 2 aromatic heterocycles. The van der Waals surface area contributed by atoms with Crippen molar-refractivity contribution >= 4 is 5.70 Å². The van der Waals surface area contributed by atoms with Gasteiger partial charge in [0.1, 0.15) is 5.69 Å². The average molecular weight is 358 g/mol. The van der Waals surface area contributed by atoms with Crippen LogP contribution in [0.5, 0.6) is 0 Å². The average Bonchev–Trinajstić information content (AvgIpc) is 3.17. The van der Waals surface area contributed by atoms with E-state index in [1.165, 1.54) is 30.4 Å². The molecule has 0 bridgehead atoms. The summed E-state index contributed by atoms with van der Waals surface area (Å²) in [6, 6.07) is 12.8. The van der Waals surface area contributed by atoms with Crippen LogP contribution in [-0.2, 0) is 13.0 Å². The second-order valence-corrected chi connectivity index (χ2v) is 7.24. The van der Waals surface area contributed by atoms with Gasteiger partial charge in [0.05, 0.1) is 12.0 Å². The minimum absolute atomic E-state index is 0.555. The van der Waals surface area contributed by atoms with Crippen molar-refractivity contribution in [2.24, 2.45) is 5.73 Å². The zero-order chi connectivity index (χ0) is 18.6. The minimum Gasteiger partial charge on any atom is -0.399 e. The van der Waals surface area contributed by atoms with Gasteiger partial charge in [-0.1, -0.05) is 37.3 Å². The Kier molecular flexibility index (Phi) is 5.05. The number of hydrogen-bond donors (Lipinski definition) is 1. The lowest BCUT2D eigenvalue weighted by Crippen LogP contribution is -2.14. The standard InChI is InChI=1S/C23H26N4/c1-2-6-21(24)18-11-12-25-22(13-18)23-15-27(16-26-23)14-19-9-5-8-17-7-3-4-10-20(17)19/h3-4,6-7,10-13,15-16,19H,2,5,8-9,14,24H2,1H3/b21-6-. The number of rotatable bonds is 5.